The first kappa shape index (κ1) is 14.0. The van der Waals surface area contributed by atoms with Gasteiger partial charge in [0.1, 0.15) is 0 Å². The summed E-state index contributed by atoms with van der Waals surface area (Å²) < 4.78 is 0. The molecule has 0 bridgehead atoms. The van der Waals surface area contributed by atoms with E-state index >= 15 is 0 Å². The second-order valence-corrected chi connectivity index (χ2v) is 5.91. The van der Waals surface area contributed by atoms with Crippen molar-refractivity contribution in [2.75, 3.05) is 19.6 Å². The molecule has 0 spiro atoms. The molecule has 0 atom stereocenters. The lowest BCUT2D eigenvalue weighted by Gasteiger charge is -2.23. The third-order valence-electron chi connectivity index (χ3n) is 3.23. The van der Waals surface area contributed by atoms with Crippen molar-refractivity contribution in [1.82, 2.24) is 10.2 Å². The molecule has 0 aromatic rings. The fourth-order valence-electron chi connectivity index (χ4n) is 2.01. The van der Waals surface area contributed by atoms with Gasteiger partial charge in [0.05, 0.1) is 0 Å². The standard InChI is InChI=1S/C14H30N2/c1-12(2)8-11-16(14-6-7-14)10-5-9-15-13(3)4/h12-15H,5-11H2,1-4H3. The highest BCUT2D eigenvalue weighted by Gasteiger charge is 2.27. The van der Waals surface area contributed by atoms with E-state index in [-0.39, 0.29) is 0 Å². The van der Waals surface area contributed by atoms with E-state index in [0.29, 0.717) is 6.04 Å². The molecule has 1 rings (SSSR count). The van der Waals surface area contributed by atoms with Gasteiger partial charge in [0.15, 0.2) is 0 Å². The summed E-state index contributed by atoms with van der Waals surface area (Å²) in [7, 11) is 0. The zero-order valence-electron chi connectivity index (χ0n) is 11.6. The van der Waals surface area contributed by atoms with Gasteiger partial charge < -0.3 is 10.2 Å². The molecule has 0 unspecified atom stereocenters. The van der Waals surface area contributed by atoms with Crippen molar-refractivity contribution in [3.8, 4) is 0 Å². The van der Waals surface area contributed by atoms with Crippen LogP contribution in [-0.2, 0) is 0 Å². The summed E-state index contributed by atoms with van der Waals surface area (Å²) in [4.78, 5) is 2.71. The van der Waals surface area contributed by atoms with Crippen LogP contribution < -0.4 is 5.32 Å². The molecule has 0 heterocycles. The summed E-state index contributed by atoms with van der Waals surface area (Å²) in [5.41, 5.74) is 0. The van der Waals surface area contributed by atoms with E-state index in [4.69, 9.17) is 0 Å². The van der Waals surface area contributed by atoms with Crippen LogP contribution in [0.2, 0.25) is 0 Å². The SMILES string of the molecule is CC(C)CCN(CCCNC(C)C)C1CC1. The first-order valence-corrected chi connectivity index (χ1v) is 7.07. The Morgan fingerprint density at radius 2 is 1.81 bits per heavy atom. The van der Waals surface area contributed by atoms with Crippen LogP contribution in [0.5, 0.6) is 0 Å². The molecule has 0 saturated heterocycles. The molecule has 16 heavy (non-hydrogen) atoms. The van der Waals surface area contributed by atoms with E-state index in [1.54, 1.807) is 0 Å². The van der Waals surface area contributed by atoms with E-state index in [1.165, 1.54) is 45.3 Å². The van der Waals surface area contributed by atoms with Crippen LogP contribution in [0.1, 0.15) is 53.4 Å². The zero-order chi connectivity index (χ0) is 12.0. The molecule has 1 aliphatic carbocycles. The summed E-state index contributed by atoms with van der Waals surface area (Å²) in [5.74, 6) is 0.843. The molecule has 96 valence electrons. The highest BCUT2D eigenvalue weighted by Crippen LogP contribution is 2.27. The lowest BCUT2D eigenvalue weighted by Crippen LogP contribution is -2.32. The predicted octanol–water partition coefficient (Wildman–Crippen LogP) is 2.89. The van der Waals surface area contributed by atoms with E-state index < -0.39 is 0 Å². The Hall–Kier alpha value is -0.0800. The lowest BCUT2D eigenvalue weighted by atomic mass is 10.1. The van der Waals surface area contributed by atoms with Crippen molar-refractivity contribution in [3.05, 3.63) is 0 Å². The summed E-state index contributed by atoms with van der Waals surface area (Å²) in [6.45, 7) is 12.9. The molecule has 0 aromatic carbocycles. The van der Waals surface area contributed by atoms with Crippen LogP contribution in [-0.4, -0.2) is 36.6 Å². The van der Waals surface area contributed by atoms with Crippen LogP contribution in [0.3, 0.4) is 0 Å². The Balaban J connectivity index is 2.08. The molecule has 1 N–H and O–H groups in total. The lowest BCUT2D eigenvalue weighted by molar-refractivity contribution is 0.243. The van der Waals surface area contributed by atoms with Gasteiger partial charge in [-0.15, -0.1) is 0 Å². The number of nitrogens with zero attached hydrogens (tertiary/aromatic N) is 1. The van der Waals surface area contributed by atoms with Crippen molar-refractivity contribution < 1.29 is 0 Å². The predicted molar refractivity (Wildman–Crippen MR) is 71.8 cm³/mol. The number of hydrogen-bond donors (Lipinski definition) is 1. The van der Waals surface area contributed by atoms with Crippen molar-refractivity contribution in [3.63, 3.8) is 0 Å². The summed E-state index contributed by atoms with van der Waals surface area (Å²) >= 11 is 0. The second-order valence-electron chi connectivity index (χ2n) is 5.91. The Kier molecular flexibility index (Phi) is 6.37. The molecule has 0 aliphatic heterocycles. The van der Waals surface area contributed by atoms with E-state index in [9.17, 15) is 0 Å². The van der Waals surface area contributed by atoms with Gasteiger partial charge in [-0.3, -0.25) is 0 Å². The van der Waals surface area contributed by atoms with Gasteiger partial charge in [-0.1, -0.05) is 27.7 Å². The van der Waals surface area contributed by atoms with Crippen molar-refractivity contribution >= 4 is 0 Å². The van der Waals surface area contributed by atoms with Gasteiger partial charge in [0.25, 0.3) is 0 Å². The molecule has 1 aliphatic rings. The van der Waals surface area contributed by atoms with Gasteiger partial charge in [0.2, 0.25) is 0 Å². The minimum atomic E-state index is 0.630. The van der Waals surface area contributed by atoms with Crippen LogP contribution in [0.4, 0.5) is 0 Å². The monoisotopic (exact) mass is 226 g/mol. The Morgan fingerprint density at radius 3 is 2.31 bits per heavy atom. The second kappa shape index (κ2) is 7.29. The molecule has 0 aromatic heterocycles. The maximum atomic E-state index is 3.50. The third kappa shape index (κ3) is 6.49. The van der Waals surface area contributed by atoms with Gasteiger partial charge >= 0.3 is 0 Å². The Bertz CT molecular complexity index is 174. The molecular weight excluding hydrogens is 196 g/mol. The van der Waals surface area contributed by atoms with Gasteiger partial charge in [0, 0.05) is 12.1 Å². The fraction of sp³-hybridized carbons (Fsp3) is 1.00. The van der Waals surface area contributed by atoms with Crippen LogP contribution in [0, 0.1) is 5.92 Å². The van der Waals surface area contributed by atoms with Crippen molar-refractivity contribution in [2.24, 2.45) is 5.92 Å². The largest absolute Gasteiger partial charge is 0.314 e. The summed E-state index contributed by atoms with van der Waals surface area (Å²) in [5, 5.41) is 3.50. The molecular formula is C14H30N2. The average molecular weight is 226 g/mol. The van der Waals surface area contributed by atoms with Crippen molar-refractivity contribution in [2.45, 2.75) is 65.5 Å². The first-order chi connectivity index (χ1) is 7.59. The number of hydrogen-bond acceptors (Lipinski definition) is 2. The fourth-order valence-corrected chi connectivity index (χ4v) is 2.01. The average Bonchev–Trinajstić information content (AvgIpc) is 2.99. The topological polar surface area (TPSA) is 15.3 Å². The Morgan fingerprint density at radius 1 is 1.12 bits per heavy atom. The van der Waals surface area contributed by atoms with Crippen molar-refractivity contribution in [1.29, 1.82) is 0 Å². The smallest absolute Gasteiger partial charge is 0.00964 e. The summed E-state index contributed by atoms with van der Waals surface area (Å²) in [6, 6.07) is 1.56. The minimum absolute atomic E-state index is 0.630. The third-order valence-corrected chi connectivity index (χ3v) is 3.23. The van der Waals surface area contributed by atoms with Crippen LogP contribution in [0.25, 0.3) is 0 Å². The summed E-state index contributed by atoms with van der Waals surface area (Å²) in [6.07, 6.45) is 5.53. The molecule has 1 fully saturated rings. The first-order valence-electron chi connectivity index (χ1n) is 7.07. The molecule has 0 radical (unpaired) electrons. The van der Waals surface area contributed by atoms with E-state index in [0.717, 1.165) is 12.0 Å². The molecule has 0 amide bonds. The normalized spacial score (nSPS) is 16.7. The Labute approximate surface area is 102 Å². The maximum absolute atomic E-state index is 3.50. The van der Waals surface area contributed by atoms with Gasteiger partial charge in [-0.2, -0.15) is 0 Å². The van der Waals surface area contributed by atoms with Crippen LogP contribution in [0.15, 0.2) is 0 Å². The molecule has 2 heteroatoms. The minimum Gasteiger partial charge on any atom is -0.314 e. The quantitative estimate of drug-likeness (QED) is 0.608. The van der Waals surface area contributed by atoms with Gasteiger partial charge in [-0.25, -0.2) is 0 Å². The molecule has 1 saturated carbocycles. The zero-order valence-corrected chi connectivity index (χ0v) is 11.6. The number of nitrogens with one attached hydrogen (secondary N) is 1. The van der Waals surface area contributed by atoms with E-state index in [1.807, 2.05) is 0 Å². The highest BCUT2D eigenvalue weighted by atomic mass is 15.2. The van der Waals surface area contributed by atoms with Crippen LogP contribution >= 0.6 is 0 Å². The van der Waals surface area contributed by atoms with Gasteiger partial charge in [-0.05, 0) is 51.2 Å². The number of rotatable bonds is 9. The van der Waals surface area contributed by atoms with E-state index in [2.05, 4.69) is 37.9 Å². The highest BCUT2D eigenvalue weighted by molar-refractivity contribution is 4.84. The maximum Gasteiger partial charge on any atom is 0.00964 e. The molecule has 2 nitrogen and oxygen atoms in total.